The predicted molar refractivity (Wildman–Crippen MR) is 76.4 cm³/mol. The second-order valence-corrected chi connectivity index (χ2v) is 6.30. The molecule has 0 spiro atoms. The number of hydrogen-bond acceptors (Lipinski definition) is 3. The van der Waals surface area contributed by atoms with Gasteiger partial charge in [-0.1, -0.05) is 36.4 Å². The van der Waals surface area contributed by atoms with E-state index in [0.29, 0.717) is 13.2 Å². The fourth-order valence-electron chi connectivity index (χ4n) is 2.23. The molecule has 0 amide bonds. The summed E-state index contributed by atoms with van der Waals surface area (Å²) in [5.41, 5.74) is 1.97. The second-order valence-electron chi connectivity index (χ2n) is 4.45. The zero-order chi connectivity index (χ0) is 13.3. The fourth-order valence-corrected chi connectivity index (χ4v) is 3.73. The van der Waals surface area contributed by atoms with E-state index < -0.39 is 7.94 Å². The molecule has 1 heterocycles. The first-order valence-electron chi connectivity index (χ1n) is 6.30. The van der Waals surface area contributed by atoms with Gasteiger partial charge in [0.15, 0.2) is 0 Å². The largest absolute Gasteiger partial charge is 0.628 e. The van der Waals surface area contributed by atoms with Crippen molar-refractivity contribution in [1.82, 2.24) is 0 Å². The van der Waals surface area contributed by atoms with E-state index in [1.54, 1.807) is 5.82 Å². The summed E-state index contributed by atoms with van der Waals surface area (Å²) in [5, 5.41) is 2.36. The molecule has 0 aromatic heterocycles. The highest BCUT2D eigenvalue weighted by molar-refractivity contribution is 7.63. The highest BCUT2D eigenvalue weighted by Gasteiger charge is 2.34. The Morgan fingerprint density at radius 1 is 1.21 bits per heavy atom. The Balaban J connectivity index is 1.97. The van der Waals surface area contributed by atoms with Crippen molar-refractivity contribution in [2.75, 3.05) is 13.2 Å². The molecule has 1 unspecified atom stereocenters. The van der Waals surface area contributed by atoms with Gasteiger partial charge >= 0.3 is 0 Å². The van der Waals surface area contributed by atoms with E-state index in [9.17, 15) is 4.89 Å². The molecule has 0 saturated heterocycles. The Morgan fingerprint density at radius 3 is 2.79 bits per heavy atom. The molecule has 4 heteroatoms. The van der Waals surface area contributed by atoms with Crippen LogP contribution in [0.15, 0.2) is 48.3 Å². The Hall–Kier alpha value is -1.25. The average molecular weight is 274 g/mol. The van der Waals surface area contributed by atoms with Gasteiger partial charge in [-0.15, -0.1) is 0 Å². The molecular weight excluding hydrogens is 259 g/mol. The summed E-state index contributed by atoms with van der Waals surface area (Å²) in [6, 6.07) is 14.3. The van der Waals surface area contributed by atoms with Gasteiger partial charge in [0.2, 0.25) is 0 Å². The summed E-state index contributed by atoms with van der Waals surface area (Å²) in [7, 11) is -3.01. The third-order valence-electron chi connectivity index (χ3n) is 3.14. The lowest BCUT2D eigenvalue weighted by Crippen LogP contribution is -2.10. The lowest BCUT2D eigenvalue weighted by molar-refractivity contribution is -0.211. The topological polar surface area (TPSA) is 41.5 Å². The molecule has 0 bridgehead atoms. The molecule has 0 aliphatic carbocycles. The van der Waals surface area contributed by atoms with E-state index in [1.807, 2.05) is 25.1 Å². The van der Waals surface area contributed by atoms with Crippen LogP contribution < -0.4 is 4.89 Å². The molecule has 2 aromatic rings. The van der Waals surface area contributed by atoms with Crippen molar-refractivity contribution in [1.29, 1.82) is 0 Å². The van der Waals surface area contributed by atoms with Crippen molar-refractivity contribution < 1.29 is 13.9 Å². The van der Waals surface area contributed by atoms with E-state index in [2.05, 4.69) is 24.3 Å². The van der Waals surface area contributed by atoms with Gasteiger partial charge in [0.25, 0.3) is 7.94 Å². The molecule has 3 nitrogen and oxygen atoms in total. The smallest absolute Gasteiger partial charge is 0.264 e. The van der Waals surface area contributed by atoms with Crippen molar-refractivity contribution in [2.45, 2.75) is 6.92 Å². The summed E-state index contributed by atoms with van der Waals surface area (Å²) in [6.45, 7) is 2.54. The normalized spacial score (nSPS) is 22.7. The van der Waals surface area contributed by atoms with Crippen LogP contribution in [0.1, 0.15) is 12.5 Å². The first-order valence-corrected chi connectivity index (χ1v) is 7.91. The summed E-state index contributed by atoms with van der Waals surface area (Å²) in [5.74, 6) is 1.64. The quantitative estimate of drug-likeness (QED) is 0.806. The third-order valence-corrected chi connectivity index (χ3v) is 4.88. The van der Waals surface area contributed by atoms with Crippen LogP contribution in [0.2, 0.25) is 0 Å². The van der Waals surface area contributed by atoms with Gasteiger partial charge in [-0.05, 0) is 29.3 Å². The molecule has 1 atom stereocenters. The average Bonchev–Trinajstić information content (AvgIpc) is 2.81. The van der Waals surface area contributed by atoms with Crippen molar-refractivity contribution >= 4 is 24.3 Å². The summed E-state index contributed by atoms with van der Waals surface area (Å²) in [4.78, 5) is 12.1. The summed E-state index contributed by atoms with van der Waals surface area (Å²) in [6.07, 6.45) is 0. The zero-order valence-electron chi connectivity index (χ0n) is 10.7. The van der Waals surface area contributed by atoms with Crippen molar-refractivity contribution in [3.63, 3.8) is 0 Å². The molecule has 2 aromatic carbocycles. The molecular formula is C15H15O3P. The monoisotopic (exact) mass is 274 g/mol. The van der Waals surface area contributed by atoms with E-state index in [4.69, 9.17) is 9.05 Å². The lowest BCUT2D eigenvalue weighted by atomic mass is 10.0. The predicted octanol–water partition coefficient (Wildman–Crippen LogP) is 3.37. The second kappa shape index (κ2) is 5.03. The van der Waals surface area contributed by atoms with Crippen LogP contribution in [-0.2, 0) is 9.05 Å². The molecule has 1 aliphatic rings. The molecule has 1 aliphatic heterocycles. The number of fused-ring (bicyclic) bond motifs is 1. The first kappa shape index (κ1) is 12.8. The maximum Gasteiger partial charge on any atom is 0.264 e. The van der Waals surface area contributed by atoms with E-state index in [0.717, 1.165) is 11.1 Å². The Kier molecular flexibility index (Phi) is 3.38. The molecule has 3 rings (SSSR count). The van der Waals surface area contributed by atoms with Gasteiger partial charge in [0.05, 0.1) is 6.61 Å². The number of benzene rings is 2. The minimum atomic E-state index is -3.01. The van der Waals surface area contributed by atoms with E-state index in [1.165, 1.54) is 10.8 Å². The van der Waals surface area contributed by atoms with Gasteiger partial charge in [-0.25, -0.2) is 9.05 Å². The molecule has 0 N–H and O–H groups in total. The van der Waals surface area contributed by atoms with Crippen LogP contribution in [0.3, 0.4) is 0 Å². The van der Waals surface area contributed by atoms with Gasteiger partial charge in [-0.3, -0.25) is 0 Å². The minimum absolute atomic E-state index is 0.343. The SMILES string of the molecule is CCO[P+]1([O-])C=C(c2ccc3ccccc3c2)CO1. The van der Waals surface area contributed by atoms with Crippen LogP contribution in [0.5, 0.6) is 0 Å². The molecule has 0 saturated carbocycles. The third kappa shape index (κ3) is 2.56. The van der Waals surface area contributed by atoms with Crippen LogP contribution in [0.4, 0.5) is 0 Å². The Labute approximate surface area is 113 Å². The van der Waals surface area contributed by atoms with Crippen molar-refractivity contribution in [2.24, 2.45) is 0 Å². The van der Waals surface area contributed by atoms with Gasteiger partial charge in [0, 0.05) is 5.57 Å². The van der Waals surface area contributed by atoms with Crippen LogP contribution in [-0.4, -0.2) is 13.2 Å². The molecule has 98 valence electrons. The molecule has 0 radical (unpaired) electrons. The maximum atomic E-state index is 12.1. The molecule has 19 heavy (non-hydrogen) atoms. The van der Waals surface area contributed by atoms with Crippen molar-refractivity contribution in [3.05, 3.63) is 53.8 Å². The number of hydrogen-bond donors (Lipinski definition) is 0. The lowest BCUT2D eigenvalue weighted by Gasteiger charge is -2.17. The Bertz CT molecular complexity index is 638. The summed E-state index contributed by atoms with van der Waals surface area (Å²) < 4.78 is 10.5. The number of rotatable bonds is 3. The van der Waals surface area contributed by atoms with Crippen LogP contribution in [0, 0.1) is 0 Å². The highest BCUT2D eigenvalue weighted by Crippen LogP contribution is 2.60. The van der Waals surface area contributed by atoms with E-state index in [-0.39, 0.29) is 0 Å². The fraction of sp³-hybridized carbons (Fsp3) is 0.200. The Morgan fingerprint density at radius 2 is 2.00 bits per heavy atom. The standard InChI is InChI=1S/C15H15O3P/c1-2-17-19(16)11-15(10-18-19)14-8-7-12-5-3-4-6-13(12)9-14/h3-9,11H,2,10H2,1H3. The highest BCUT2D eigenvalue weighted by atomic mass is 31.2. The van der Waals surface area contributed by atoms with Gasteiger partial charge < -0.3 is 4.89 Å². The van der Waals surface area contributed by atoms with Crippen LogP contribution in [0.25, 0.3) is 16.3 Å². The van der Waals surface area contributed by atoms with E-state index >= 15 is 0 Å². The minimum Gasteiger partial charge on any atom is -0.628 e. The van der Waals surface area contributed by atoms with Gasteiger partial charge in [0.1, 0.15) is 12.4 Å². The zero-order valence-corrected chi connectivity index (χ0v) is 11.6. The van der Waals surface area contributed by atoms with Crippen molar-refractivity contribution in [3.8, 4) is 0 Å². The molecule has 0 fully saturated rings. The maximum absolute atomic E-state index is 12.1. The first-order chi connectivity index (χ1) is 9.20. The van der Waals surface area contributed by atoms with Gasteiger partial charge in [-0.2, -0.15) is 0 Å². The summed E-state index contributed by atoms with van der Waals surface area (Å²) >= 11 is 0. The van der Waals surface area contributed by atoms with Crippen LogP contribution >= 0.6 is 7.94 Å².